The van der Waals surface area contributed by atoms with Crippen molar-refractivity contribution in [1.29, 1.82) is 0 Å². The molecular formula is C13H16N4O3S. The molecule has 2 rings (SSSR count). The number of aromatic amines is 1. The third kappa shape index (κ3) is 3.82. The molecule has 0 radical (unpaired) electrons. The summed E-state index contributed by atoms with van der Waals surface area (Å²) in [5.74, 6) is -0.0132. The molecule has 0 atom stereocenters. The van der Waals surface area contributed by atoms with Gasteiger partial charge in [0.25, 0.3) is 10.0 Å². The van der Waals surface area contributed by atoms with E-state index in [4.69, 9.17) is 0 Å². The Kier molecular flexibility index (Phi) is 4.27. The Morgan fingerprint density at radius 3 is 2.43 bits per heavy atom. The molecule has 2 aromatic rings. The number of nitrogens with zero attached hydrogens (tertiary/aromatic N) is 2. The molecule has 0 spiro atoms. The molecule has 21 heavy (non-hydrogen) atoms. The summed E-state index contributed by atoms with van der Waals surface area (Å²) in [6.07, 6.45) is 1.64. The van der Waals surface area contributed by atoms with E-state index in [-0.39, 0.29) is 17.4 Å². The number of benzene rings is 1. The van der Waals surface area contributed by atoms with Gasteiger partial charge in [-0.1, -0.05) is 12.1 Å². The van der Waals surface area contributed by atoms with Crippen LogP contribution in [0.3, 0.4) is 0 Å². The normalized spacial score (nSPS) is 11.1. The fourth-order valence-electron chi connectivity index (χ4n) is 1.63. The third-order valence-electron chi connectivity index (χ3n) is 2.83. The van der Waals surface area contributed by atoms with E-state index in [1.54, 1.807) is 38.4 Å². The largest absolute Gasteiger partial charge is 0.349 e. The first-order chi connectivity index (χ1) is 9.88. The van der Waals surface area contributed by atoms with Crippen molar-refractivity contribution in [3.8, 4) is 0 Å². The SMILES string of the molecule is CN(C)C(=O)Cc1ccc(NS(=O)(=O)c2ccn[nH]2)cc1. The lowest BCUT2D eigenvalue weighted by Crippen LogP contribution is -2.23. The zero-order valence-corrected chi connectivity index (χ0v) is 12.5. The Labute approximate surface area is 123 Å². The van der Waals surface area contributed by atoms with Crippen LogP contribution in [0, 0.1) is 0 Å². The first-order valence-corrected chi connectivity index (χ1v) is 7.68. The quantitative estimate of drug-likeness (QED) is 0.855. The van der Waals surface area contributed by atoms with E-state index in [1.165, 1.54) is 17.2 Å². The van der Waals surface area contributed by atoms with Gasteiger partial charge >= 0.3 is 0 Å². The van der Waals surface area contributed by atoms with Crippen LogP contribution in [0.4, 0.5) is 5.69 Å². The van der Waals surface area contributed by atoms with Crippen molar-refractivity contribution in [2.24, 2.45) is 0 Å². The fourth-order valence-corrected chi connectivity index (χ4v) is 2.60. The fraction of sp³-hybridized carbons (Fsp3) is 0.231. The minimum absolute atomic E-state index is 0.00522. The predicted octanol–water partition coefficient (Wildman–Crippen LogP) is 0.841. The molecule has 1 aromatic carbocycles. The number of sulfonamides is 1. The number of amides is 1. The lowest BCUT2D eigenvalue weighted by molar-refractivity contribution is -0.127. The molecule has 0 aliphatic heterocycles. The van der Waals surface area contributed by atoms with Gasteiger partial charge in [0.05, 0.1) is 12.6 Å². The van der Waals surface area contributed by atoms with E-state index in [0.717, 1.165) is 5.56 Å². The standard InChI is InChI=1S/C13H16N4O3S/c1-17(2)13(18)9-10-3-5-11(6-4-10)16-21(19,20)12-7-8-14-15-12/h3-8,16H,9H2,1-2H3,(H,14,15). The molecule has 8 heteroatoms. The van der Waals surface area contributed by atoms with Crippen molar-refractivity contribution in [1.82, 2.24) is 15.1 Å². The zero-order valence-electron chi connectivity index (χ0n) is 11.7. The van der Waals surface area contributed by atoms with Gasteiger partial charge in [0.2, 0.25) is 5.91 Å². The van der Waals surface area contributed by atoms with Crippen molar-refractivity contribution in [2.45, 2.75) is 11.4 Å². The summed E-state index contributed by atoms with van der Waals surface area (Å²) in [6.45, 7) is 0. The van der Waals surface area contributed by atoms with Gasteiger partial charge in [0, 0.05) is 19.8 Å². The zero-order chi connectivity index (χ0) is 15.5. The van der Waals surface area contributed by atoms with E-state index < -0.39 is 10.0 Å². The Hall–Kier alpha value is -2.35. The highest BCUT2D eigenvalue weighted by molar-refractivity contribution is 7.92. The van der Waals surface area contributed by atoms with Crippen LogP contribution in [-0.4, -0.2) is 43.5 Å². The van der Waals surface area contributed by atoms with E-state index in [9.17, 15) is 13.2 Å². The number of anilines is 1. The molecule has 0 aliphatic rings. The molecule has 0 fully saturated rings. The molecule has 0 saturated heterocycles. The van der Waals surface area contributed by atoms with E-state index in [0.29, 0.717) is 5.69 Å². The molecule has 7 nitrogen and oxygen atoms in total. The van der Waals surface area contributed by atoms with Crippen LogP contribution in [0.5, 0.6) is 0 Å². The third-order valence-corrected chi connectivity index (χ3v) is 4.14. The second kappa shape index (κ2) is 5.96. The summed E-state index contributed by atoms with van der Waals surface area (Å²) in [6, 6.07) is 8.03. The number of hydrogen-bond acceptors (Lipinski definition) is 4. The smallest absolute Gasteiger partial charge is 0.278 e. The average Bonchev–Trinajstić information content (AvgIpc) is 2.95. The maximum absolute atomic E-state index is 12.0. The Morgan fingerprint density at radius 1 is 1.24 bits per heavy atom. The summed E-state index contributed by atoms with van der Waals surface area (Å²) < 4.78 is 26.4. The minimum atomic E-state index is -3.66. The molecule has 0 unspecified atom stereocenters. The van der Waals surface area contributed by atoms with Gasteiger partial charge < -0.3 is 4.90 Å². The number of nitrogens with one attached hydrogen (secondary N) is 2. The van der Waals surface area contributed by atoms with Crippen LogP contribution >= 0.6 is 0 Å². The van der Waals surface area contributed by atoms with Gasteiger partial charge in [-0.3, -0.25) is 14.6 Å². The number of likely N-dealkylation sites (N-methyl/N-ethyl adjacent to an activating group) is 1. The molecule has 0 aliphatic carbocycles. The minimum Gasteiger partial charge on any atom is -0.349 e. The van der Waals surface area contributed by atoms with Gasteiger partial charge in [0.15, 0.2) is 5.03 Å². The highest BCUT2D eigenvalue weighted by Crippen LogP contribution is 2.15. The number of aromatic nitrogens is 2. The van der Waals surface area contributed by atoms with E-state index in [1.807, 2.05) is 0 Å². The van der Waals surface area contributed by atoms with Gasteiger partial charge in [-0.2, -0.15) is 13.5 Å². The van der Waals surface area contributed by atoms with Gasteiger partial charge in [-0.05, 0) is 23.8 Å². The molecule has 1 amide bonds. The molecule has 2 N–H and O–H groups in total. The van der Waals surface area contributed by atoms with Crippen LogP contribution in [-0.2, 0) is 21.2 Å². The first-order valence-electron chi connectivity index (χ1n) is 6.20. The summed E-state index contributed by atoms with van der Waals surface area (Å²) >= 11 is 0. The topological polar surface area (TPSA) is 95.2 Å². The van der Waals surface area contributed by atoms with E-state index in [2.05, 4.69) is 14.9 Å². The van der Waals surface area contributed by atoms with Gasteiger partial charge in [0.1, 0.15) is 0 Å². The van der Waals surface area contributed by atoms with Crippen LogP contribution in [0.2, 0.25) is 0 Å². The van der Waals surface area contributed by atoms with Crippen LogP contribution in [0.15, 0.2) is 41.6 Å². The van der Waals surface area contributed by atoms with Crippen molar-refractivity contribution in [2.75, 3.05) is 18.8 Å². The summed E-state index contributed by atoms with van der Waals surface area (Å²) in [7, 11) is -0.283. The Morgan fingerprint density at radius 2 is 1.90 bits per heavy atom. The van der Waals surface area contributed by atoms with Crippen LogP contribution < -0.4 is 4.72 Å². The highest BCUT2D eigenvalue weighted by Gasteiger charge is 2.15. The van der Waals surface area contributed by atoms with E-state index >= 15 is 0 Å². The lowest BCUT2D eigenvalue weighted by Gasteiger charge is -2.11. The lowest BCUT2D eigenvalue weighted by atomic mass is 10.1. The Balaban J connectivity index is 2.08. The second-order valence-corrected chi connectivity index (χ2v) is 6.34. The number of rotatable bonds is 5. The summed E-state index contributed by atoms with van der Waals surface area (Å²) in [4.78, 5) is 13.1. The monoisotopic (exact) mass is 308 g/mol. The predicted molar refractivity (Wildman–Crippen MR) is 78.2 cm³/mol. The van der Waals surface area contributed by atoms with Gasteiger partial charge in [-0.25, -0.2) is 0 Å². The maximum atomic E-state index is 12.0. The van der Waals surface area contributed by atoms with Crippen molar-refractivity contribution < 1.29 is 13.2 Å². The highest BCUT2D eigenvalue weighted by atomic mass is 32.2. The Bertz CT molecular complexity index is 706. The second-order valence-electron chi connectivity index (χ2n) is 4.69. The first kappa shape index (κ1) is 15.0. The average molecular weight is 308 g/mol. The number of hydrogen-bond donors (Lipinski definition) is 2. The van der Waals surface area contributed by atoms with Crippen LogP contribution in [0.1, 0.15) is 5.56 Å². The molecular weight excluding hydrogens is 292 g/mol. The molecule has 0 bridgehead atoms. The summed E-state index contributed by atoms with van der Waals surface area (Å²) in [5.41, 5.74) is 1.24. The molecule has 0 saturated carbocycles. The van der Waals surface area contributed by atoms with Crippen molar-refractivity contribution in [3.63, 3.8) is 0 Å². The number of H-pyrrole nitrogens is 1. The van der Waals surface area contributed by atoms with Crippen molar-refractivity contribution >= 4 is 21.6 Å². The summed E-state index contributed by atoms with van der Waals surface area (Å²) in [5, 5.41) is 6.00. The van der Waals surface area contributed by atoms with Gasteiger partial charge in [-0.15, -0.1) is 0 Å². The molecule has 1 heterocycles. The molecule has 112 valence electrons. The van der Waals surface area contributed by atoms with Crippen molar-refractivity contribution in [3.05, 3.63) is 42.1 Å². The van der Waals surface area contributed by atoms with Crippen LogP contribution in [0.25, 0.3) is 0 Å². The maximum Gasteiger partial charge on any atom is 0.278 e. The molecule has 1 aromatic heterocycles. The number of carbonyl (C=O) groups excluding carboxylic acids is 1. The number of carbonyl (C=O) groups is 1.